The topological polar surface area (TPSA) is 77.5 Å². The minimum Gasteiger partial charge on any atom is -0.494 e. The van der Waals surface area contributed by atoms with Crippen LogP contribution >= 0.6 is 11.3 Å². The van der Waals surface area contributed by atoms with Gasteiger partial charge in [-0.15, -0.1) is 11.3 Å². The number of aromatic nitrogens is 1. The Labute approximate surface area is 151 Å². The average molecular weight is 362 g/mol. The van der Waals surface area contributed by atoms with E-state index < -0.39 is 0 Å². The van der Waals surface area contributed by atoms with Crippen LogP contribution in [0.4, 0.5) is 5.13 Å². The molecular formula is C18H22N2O4S. The van der Waals surface area contributed by atoms with Crippen molar-refractivity contribution in [2.45, 2.75) is 26.7 Å². The van der Waals surface area contributed by atoms with Crippen LogP contribution in [0.2, 0.25) is 0 Å². The Morgan fingerprint density at radius 2 is 1.96 bits per heavy atom. The zero-order chi connectivity index (χ0) is 18.2. The summed E-state index contributed by atoms with van der Waals surface area (Å²) in [6.45, 7) is 4.95. The number of carbonyl (C=O) groups excluding carboxylic acids is 2. The van der Waals surface area contributed by atoms with E-state index in [0.717, 1.165) is 12.2 Å². The molecule has 25 heavy (non-hydrogen) atoms. The molecule has 0 unspecified atom stereocenters. The van der Waals surface area contributed by atoms with E-state index in [1.54, 1.807) is 29.6 Å². The lowest BCUT2D eigenvalue weighted by Crippen LogP contribution is -2.12. The highest BCUT2D eigenvalue weighted by atomic mass is 32.1. The first-order valence-electron chi connectivity index (χ1n) is 8.03. The first-order valence-corrected chi connectivity index (χ1v) is 8.91. The number of ether oxygens (including phenoxy) is 2. The van der Waals surface area contributed by atoms with Crippen LogP contribution in [0.1, 0.15) is 36.3 Å². The summed E-state index contributed by atoms with van der Waals surface area (Å²) in [7, 11) is 1.33. The predicted molar refractivity (Wildman–Crippen MR) is 97.2 cm³/mol. The van der Waals surface area contributed by atoms with E-state index in [4.69, 9.17) is 4.74 Å². The molecule has 0 spiro atoms. The summed E-state index contributed by atoms with van der Waals surface area (Å²) >= 11 is 1.27. The maximum atomic E-state index is 12.2. The van der Waals surface area contributed by atoms with Crippen molar-refractivity contribution in [3.05, 3.63) is 40.9 Å². The fourth-order valence-corrected chi connectivity index (χ4v) is 2.66. The number of carbonyl (C=O) groups is 2. The van der Waals surface area contributed by atoms with Gasteiger partial charge in [-0.3, -0.25) is 14.9 Å². The molecule has 1 heterocycles. The highest BCUT2D eigenvalue weighted by Gasteiger charge is 2.11. The van der Waals surface area contributed by atoms with Crippen molar-refractivity contribution in [2.75, 3.05) is 19.0 Å². The maximum absolute atomic E-state index is 12.2. The summed E-state index contributed by atoms with van der Waals surface area (Å²) in [4.78, 5) is 27.7. The molecule has 0 bridgehead atoms. The van der Waals surface area contributed by atoms with E-state index in [9.17, 15) is 9.59 Å². The van der Waals surface area contributed by atoms with Gasteiger partial charge in [0, 0.05) is 10.9 Å². The van der Waals surface area contributed by atoms with Crippen LogP contribution in [-0.2, 0) is 16.0 Å². The van der Waals surface area contributed by atoms with E-state index in [-0.39, 0.29) is 18.3 Å². The van der Waals surface area contributed by atoms with Crippen LogP contribution in [0.25, 0.3) is 0 Å². The fraction of sp³-hybridized carbons (Fsp3) is 0.389. The lowest BCUT2D eigenvalue weighted by molar-refractivity contribution is -0.139. The summed E-state index contributed by atoms with van der Waals surface area (Å²) in [6, 6.07) is 6.98. The Balaban J connectivity index is 1.89. The third kappa shape index (κ3) is 6.19. The molecule has 0 atom stereocenters. The largest absolute Gasteiger partial charge is 0.494 e. The van der Waals surface area contributed by atoms with Crippen LogP contribution in [-0.4, -0.2) is 30.6 Å². The quantitative estimate of drug-likeness (QED) is 0.727. The summed E-state index contributed by atoms with van der Waals surface area (Å²) in [5.41, 5.74) is 1.09. The summed E-state index contributed by atoms with van der Waals surface area (Å²) in [5.74, 6) is 0.711. The van der Waals surface area contributed by atoms with Crippen molar-refractivity contribution in [1.29, 1.82) is 0 Å². The summed E-state index contributed by atoms with van der Waals surface area (Å²) in [6.07, 6.45) is 1.07. The Morgan fingerprint density at radius 1 is 1.24 bits per heavy atom. The smallest absolute Gasteiger partial charge is 0.311 e. The predicted octanol–water partition coefficient (Wildman–Crippen LogP) is 3.54. The second-order valence-electron chi connectivity index (χ2n) is 5.91. The highest BCUT2D eigenvalue weighted by molar-refractivity contribution is 7.14. The van der Waals surface area contributed by atoms with Crippen molar-refractivity contribution >= 4 is 28.3 Å². The van der Waals surface area contributed by atoms with Crippen molar-refractivity contribution in [3.8, 4) is 5.75 Å². The Hall–Kier alpha value is -2.41. The van der Waals surface area contributed by atoms with Gasteiger partial charge in [0.05, 0.1) is 25.8 Å². The molecule has 6 nitrogen and oxygen atoms in total. The number of nitrogens with one attached hydrogen (secondary N) is 1. The summed E-state index contributed by atoms with van der Waals surface area (Å²) in [5, 5.41) is 4.89. The SMILES string of the molecule is COC(=O)Cc1csc(NC(=O)c2ccc(OCCC(C)C)cc2)n1. The van der Waals surface area contributed by atoms with Gasteiger partial charge in [-0.2, -0.15) is 0 Å². The summed E-state index contributed by atoms with van der Waals surface area (Å²) < 4.78 is 10.2. The molecule has 0 aliphatic heterocycles. The van der Waals surface area contributed by atoms with Crippen LogP contribution in [0, 0.1) is 5.92 Å². The number of amides is 1. The highest BCUT2D eigenvalue weighted by Crippen LogP contribution is 2.18. The van der Waals surface area contributed by atoms with E-state index in [0.29, 0.717) is 28.9 Å². The molecule has 134 valence electrons. The van der Waals surface area contributed by atoms with E-state index in [2.05, 4.69) is 28.9 Å². The molecule has 1 aromatic carbocycles. The van der Waals surface area contributed by atoms with Crippen LogP contribution in [0.15, 0.2) is 29.6 Å². The molecule has 1 N–H and O–H groups in total. The number of hydrogen-bond donors (Lipinski definition) is 1. The van der Waals surface area contributed by atoms with Gasteiger partial charge in [0.25, 0.3) is 5.91 Å². The van der Waals surface area contributed by atoms with Crippen LogP contribution in [0.3, 0.4) is 0 Å². The minimum absolute atomic E-state index is 0.0886. The third-order valence-corrected chi connectivity index (χ3v) is 4.21. The second kappa shape index (κ2) is 9.17. The van der Waals surface area contributed by atoms with Gasteiger partial charge in [-0.05, 0) is 36.6 Å². The van der Waals surface area contributed by atoms with Gasteiger partial charge in [0.1, 0.15) is 5.75 Å². The molecule has 2 rings (SSSR count). The minimum atomic E-state index is -0.365. The van der Waals surface area contributed by atoms with Crippen LogP contribution in [0.5, 0.6) is 5.75 Å². The van der Waals surface area contributed by atoms with Crippen molar-refractivity contribution < 1.29 is 19.1 Å². The molecule has 2 aromatic rings. The molecule has 1 amide bonds. The zero-order valence-electron chi connectivity index (χ0n) is 14.6. The van der Waals surface area contributed by atoms with Gasteiger partial charge >= 0.3 is 5.97 Å². The Bertz CT molecular complexity index is 710. The molecule has 0 aliphatic carbocycles. The number of rotatable bonds is 8. The van der Waals surface area contributed by atoms with Crippen molar-refractivity contribution in [1.82, 2.24) is 4.98 Å². The van der Waals surface area contributed by atoms with Crippen molar-refractivity contribution in [3.63, 3.8) is 0 Å². The lowest BCUT2D eigenvalue weighted by Gasteiger charge is -2.08. The molecule has 7 heteroatoms. The first kappa shape index (κ1) is 18.9. The van der Waals surface area contributed by atoms with Gasteiger partial charge in [0.2, 0.25) is 0 Å². The molecule has 0 fully saturated rings. The second-order valence-corrected chi connectivity index (χ2v) is 6.76. The van der Waals surface area contributed by atoms with Crippen molar-refractivity contribution in [2.24, 2.45) is 5.92 Å². The van der Waals surface area contributed by atoms with E-state index in [1.807, 2.05) is 0 Å². The molecule has 0 saturated carbocycles. The standard InChI is InChI=1S/C18H22N2O4S/c1-12(2)8-9-24-15-6-4-13(5-7-15)17(22)20-18-19-14(11-25-18)10-16(21)23-3/h4-7,11-12H,8-10H2,1-3H3,(H,19,20,22). The van der Waals surface area contributed by atoms with Crippen LogP contribution < -0.4 is 10.1 Å². The molecule has 0 saturated heterocycles. The molecule has 0 radical (unpaired) electrons. The van der Waals surface area contributed by atoms with E-state index in [1.165, 1.54) is 18.4 Å². The first-order chi connectivity index (χ1) is 12.0. The van der Waals surface area contributed by atoms with Gasteiger partial charge in [-0.1, -0.05) is 13.8 Å². The van der Waals surface area contributed by atoms with Gasteiger partial charge < -0.3 is 9.47 Å². The monoisotopic (exact) mass is 362 g/mol. The number of esters is 1. The normalized spacial score (nSPS) is 10.6. The average Bonchev–Trinajstić information content (AvgIpc) is 3.01. The lowest BCUT2D eigenvalue weighted by atomic mass is 10.1. The maximum Gasteiger partial charge on any atom is 0.311 e. The third-order valence-electron chi connectivity index (χ3n) is 3.41. The Kier molecular flexibility index (Phi) is 6.94. The number of anilines is 1. The van der Waals surface area contributed by atoms with Gasteiger partial charge in [-0.25, -0.2) is 4.98 Å². The number of thiazole rings is 1. The molecular weight excluding hydrogens is 340 g/mol. The zero-order valence-corrected chi connectivity index (χ0v) is 15.4. The number of hydrogen-bond acceptors (Lipinski definition) is 6. The van der Waals surface area contributed by atoms with Gasteiger partial charge in [0.15, 0.2) is 5.13 Å². The number of nitrogens with zero attached hydrogens (tertiary/aromatic N) is 1. The molecule has 0 aliphatic rings. The fourth-order valence-electron chi connectivity index (χ4n) is 1.95. The van der Waals surface area contributed by atoms with E-state index >= 15 is 0 Å². The Morgan fingerprint density at radius 3 is 2.60 bits per heavy atom. The number of methoxy groups -OCH3 is 1. The number of benzene rings is 1. The molecule has 1 aromatic heterocycles.